The lowest BCUT2D eigenvalue weighted by atomic mass is 9.85. The normalized spacial score (nSPS) is 13.2. The van der Waals surface area contributed by atoms with Crippen molar-refractivity contribution in [2.75, 3.05) is 5.32 Å². The van der Waals surface area contributed by atoms with Crippen molar-refractivity contribution in [3.8, 4) is 0 Å². The van der Waals surface area contributed by atoms with Gasteiger partial charge in [-0.2, -0.15) is 0 Å². The van der Waals surface area contributed by atoms with Gasteiger partial charge in [0, 0.05) is 12.5 Å². The first-order chi connectivity index (χ1) is 8.20. The highest BCUT2D eigenvalue weighted by atomic mass is 35.5. The van der Waals surface area contributed by atoms with E-state index in [2.05, 4.69) is 5.32 Å². The molecule has 0 radical (unpaired) electrons. The quantitative estimate of drug-likeness (QED) is 0.883. The Hall–Kier alpha value is -1.06. The van der Waals surface area contributed by atoms with E-state index < -0.39 is 0 Å². The third-order valence-electron chi connectivity index (χ3n) is 2.91. The molecule has 1 aromatic rings. The fourth-order valence-corrected chi connectivity index (χ4v) is 1.61. The standard InChI is InChI=1S/C14H21ClN2O/c1-9-5-6-10(15)11(7-9)17-13(18)8-12(16)14(2,3)4/h5-7,12H,8,16H2,1-4H3,(H,17,18). The van der Waals surface area contributed by atoms with Gasteiger partial charge in [0.05, 0.1) is 10.7 Å². The molecule has 0 aliphatic carbocycles. The number of hydrogen-bond acceptors (Lipinski definition) is 2. The zero-order valence-electron chi connectivity index (χ0n) is 11.4. The molecule has 1 unspecified atom stereocenters. The van der Waals surface area contributed by atoms with Crippen LogP contribution in [0.3, 0.4) is 0 Å². The molecule has 1 atom stereocenters. The van der Waals surface area contributed by atoms with Gasteiger partial charge in [-0.05, 0) is 30.0 Å². The predicted octanol–water partition coefficient (Wildman–Crippen LogP) is 3.35. The van der Waals surface area contributed by atoms with E-state index in [9.17, 15) is 4.79 Å². The summed E-state index contributed by atoms with van der Waals surface area (Å²) in [5, 5.41) is 3.34. The van der Waals surface area contributed by atoms with Crippen LogP contribution in [0.2, 0.25) is 5.02 Å². The van der Waals surface area contributed by atoms with Crippen LogP contribution in [-0.2, 0) is 4.79 Å². The third-order valence-corrected chi connectivity index (χ3v) is 3.24. The molecular weight excluding hydrogens is 248 g/mol. The second kappa shape index (κ2) is 5.72. The first kappa shape index (κ1) is 15.0. The molecule has 0 fully saturated rings. The maximum absolute atomic E-state index is 11.9. The smallest absolute Gasteiger partial charge is 0.225 e. The Morgan fingerprint density at radius 2 is 2.06 bits per heavy atom. The van der Waals surface area contributed by atoms with Gasteiger partial charge in [0.15, 0.2) is 0 Å². The number of nitrogens with one attached hydrogen (secondary N) is 1. The van der Waals surface area contributed by atoms with E-state index >= 15 is 0 Å². The summed E-state index contributed by atoms with van der Waals surface area (Å²) in [6, 6.07) is 5.35. The molecule has 1 rings (SSSR count). The van der Waals surface area contributed by atoms with Gasteiger partial charge in [-0.25, -0.2) is 0 Å². The van der Waals surface area contributed by atoms with Crippen LogP contribution in [0.25, 0.3) is 0 Å². The molecule has 0 aliphatic heterocycles. The van der Waals surface area contributed by atoms with Crippen LogP contribution in [0.5, 0.6) is 0 Å². The van der Waals surface area contributed by atoms with Gasteiger partial charge in [0.2, 0.25) is 5.91 Å². The van der Waals surface area contributed by atoms with Crippen LogP contribution >= 0.6 is 11.6 Å². The van der Waals surface area contributed by atoms with Crippen molar-refractivity contribution in [3.05, 3.63) is 28.8 Å². The molecule has 0 bridgehead atoms. The minimum atomic E-state index is -0.180. The summed E-state index contributed by atoms with van der Waals surface area (Å²) in [5.74, 6) is -0.107. The van der Waals surface area contributed by atoms with Crippen LogP contribution in [0, 0.1) is 12.3 Å². The van der Waals surface area contributed by atoms with Gasteiger partial charge in [0.1, 0.15) is 0 Å². The third kappa shape index (κ3) is 4.31. The number of halogens is 1. The molecule has 100 valence electrons. The van der Waals surface area contributed by atoms with E-state index in [0.717, 1.165) is 5.56 Å². The van der Waals surface area contributed by atoms with Crippen molar-refractivity contribution in [1.29, 1.82) is 0 Å². The Labute approximate surface area is 114 Å². The van der Waals surface area contributed by atoms with Crippen LogP contribution < -0.4 is 11.1 Å². The number of hydrogen-bond donors (Lipinski definition) is 2. The van der Waals surface area contributed by atoms with Crippen molar-refractivity contribution in [1.82, 2.24) is 0 Å². The predicted molar refractivity (Wildman–Crippen MR) is 76.9 cm³/mol. The largest absolute Gasteiger partial charge is 0.327 e. The first-order valence-corrected chi connectivity index (χ1v) is 6.39. The monoisotopic (exact) mass is 268 g/mol. The maximum atomic E-state index is 11.9. The fraction of sp³-hybridized carbons (Fsp3) is 0.500. The Morgan fingerprint density at radius 3 is 2.61 bits per heavy atom. The molecule has 0 heterocycles. The van der Waals surface area contributed by atoms with Gasteiger partial charge >= 0.3 is 0 Å². The average molecular weight is 269 g/mol. The van der Waals surface area contributed by atoms with Gasteiger partial charge in [-0.1, -0.05) is 38.4 Å². The van der Waals surface area contributed by atoms with Crippen LogP contribution in [0.1, 0.15) is 32.8 Å². The highest BCUT2D eigenvalue weighted by molar-refractivity contribution is 6.33. The lowest BCUT2D eigenvalue weighted by Crippen LogP contribution is -2.38. The minimum absolute atomic E-state index is 0.0895. The van der Waals surface area contributed by atoms with Gasteiger partial charge in [-0.3, -0.25) is 4.79 Å². The molecule has 0 saturated heterocycles. The van der Waals surface area contributed by atoms with E-state index in [-0.39, 0.29) is 23.8 Å². The number of carbonyl (C=O) groups excluding carboxylic acids is 1. The Kier molecular flexibility index (Phi) is 4.77. The topological polar surface area (TPSA) is 55.1 Å². The summed E-state index contributed by atoms with van der Waals surface area (Å²) in [6.07, 6.45) is 0.285. The fourth-order valence-electron chi connectivity index (χ4n) is 1.44. The second-order valence-corrected chi connectivity index (χ2v) is 6.12. The van der Waals surface area contributed by atoms with Crippen molar-refractivity contribution < 1.29 is 4.79 Å². The molecule has 18 heavy (non-hydrogen) atoms. The van der Waals surface area contributed by atoms with Gasteiger partial charge in [-0.15, -0.1) is 0 Å². The van der Waals surface area contributed by atoms with E-state index in [1.165, 1.54) is 0 Å². The lowest BCUT2D eigenvalue weighted by Gasteiger charge is -2.26. The Bertz CT molecular complexity index is 438. The number of carbonyl (C=O) groups is 1. The summed E-state index contributed by atoms with van der Waals surface area (Å²) < 4.78 is 0. The molecule has 4 heteroatoms. The van der Waals surface area contributed by atoms with Gasteiger partial charge in [0.25, 0.3) is 0 Å². The number of anilines is 1. The summed E-state index contributed by atoms with van der Waals surface area (Å²) in [4.78, 5) is 11.9. The van der Waals surface area contributed by atoms with Gasteiger partial charge < -0.3 is 11.1 Å². The molecular formula is C14H21ClN2O. The molecule has 1 aromatic carbocycles. The van der Waals surface area contributed by atoms with E-state index in [4.69, 9.17) is 17.3 Å². The van der Waals surface area contributed by atoms with Crippen LogP contribution in [0.4, 0.5) is 5.69 Å². The van der Waals surface area contributed by atoms with Crippen molar-refractivity contribution in [2.45, 2.75) is 40.2 Å². The zero-order valence-corrected chi connectivity index (χ0v) is 12.1. The highest BCUT2D eigenvalue weighted by Gasteiger charge is 2.23. The average Bonchev–Trinajstić information content (AvgIpc) is 2.22. The number of rotatable bonds is 3. The second-order valence-electron chi connectivity index (χ2n) is 5.71. The summed E-state index contributed by atoms with van der Waals surface area (Å²) in [6.45, 7) is 8.01. The summed E-state index contributed by atoms with van der Waals surface area (Å²) in [7, 11) is 0. The molecule has 3 nitrogen and oxygen atoms in total. The number of amides is 1. The van der Waals surface area contributed by atoms with E-state index in [1.54, 1.807) is 6.07 Å². The summed E-state index contributed by atoms with van der Waals surface area (Å²) >= 11 is 6.02. The molecule has 0 saturated carbocycles. The Balaban J connectivity index is 2.68. The van der Waals surface area contributed by atoms with Crippen LogP contribution in [-0.4, -0.2) is 11.9 Å². The zero-order chi connectivity index (χ0) is 13.9. The van der Waals surface area contributed by atoms with E-state index in [1.807, 2.05) is 39.8 Å². The first-order valence-electron chi connectivity index (χ1n) is 6.01. The summed E-state index contributed by atoms with van der Waals surface area (Å²) in [5.41, 5.74) is 7.58. The van der Waals surface area contributed by atoms with Crippen molar-refractivity contribution >= 4 is 23.2 Å². The molecule has 0 aromatic heterocycles. The molecule has 0 spiro atoms. The number of aryl methyl sites for hydroxylation is 1. The lowest BCUT2D eigenvalue weighted by molar-refractivity contribution is -0.117. The Morgan fingerprint density at radius 1 is 1.44 bits per heavy atom. The molecule has 1 amide bonds. The molecule has 3 N–H and O–H groups in total. The van der Waals surface area contributed by atoms with Crippen molar-refractivity contribution in [3.63, 3.8) is 0 Å². The molecule has 0 aliphatic rings. The number of nitrogens with two attached hydrogens (primary N) is 1. The maximum Gasteiger partial charge on any atom is 0.225 e. The van der Waals surface area contributed by atoms with Crippen molar-refractivity contribution in [2.24, 2.45) is 11.1 Å². The van der Waals surface area contributed by atoms with Crippen LogP contribution in [0.15, 0.2) is 18.2 Å². The number of benzene rings is 1. The minimum Gasteiger partial charge on any atom is -0.327 e. The van der Waals surface area contributed by atoms with E-state index in [0.29, 0.717) is 10.7 Å². The SMILES string of the molecule is Cc1ccc(Cl)c(NC(=O)CC(N)C(C)(C)C)c1. The highest BCUT2D eigenvalue weighted by Crippen LogP contribution is 2.24.